The number of rotatable bonds is 6. The van der Waals surface area contributed by atoms with E-state index in [0.29, 0.717) is 12.1 Å². The van der Waals surface area contributed by atoms with Crippen LogP contribution >= 0.6 is 0 Å². The van der Waals surface area contributed by atoms with Gasteiger partial charge >= 0.3 is 0 Å². The van der Waals surface area contributed by atoms with Crippen molar-refractivity contribution < 1.29 is 13.2 Å². The number of benzene rings is 2. The van der Waals surface area contributed by atoms with E-state index in [1.54, 1.807) is 24.3 Å². The van der Waals surface area contributed by atoms with Gasteiger partial charge in [-0.25, -0.2) is 8.42 Å². The van der Waals surface area contributed by atoms with Crippen LogP contribution in [0.4, 0.5) is 0 Å². The van der Waals surface area contributed by atoms with Crippen LogP contribution in [0.2, 0.25) is 0 Å². The molecule has 6 heteroatoms. The molecule has 0 heterocycles. The topological polar surface area (TPSA) is 89.3 Å². The van der Waals surface area contributed by atoms with Gasteiger partial charge in [0.25, 0.3) is 5.91 Å². The lowest BCUT2D eigenvalue weighted by Gasteiger charge is -2.24. The Kier molecular flexibility index (Phi) is 5.41. The van der Waals surface area contributed by atoms with Crippen LogP contribution in [-0.2, 0) is 15.6 Å². The monoisotopic (exact) mass is 346 g/mol. The van der Waals surface area contributed by atoms with Crippen molar-refractivity contribution in [3.8, 4) is 0 Å². The van der Waals surface area contributed by atoms with Gasteiger partial charge in [0.2, 0.25) is 0 Å². The molecule has 0 aliphatic rings. The molecule has 0 spiro atoms. The molecule has 0 unspecified atom stereocenters. The van der Waals surface area contributed by atoms with E-state index in [4.69, 9.17) is 5.73 Å². The highest BCUT2D eigenvalue weighted by Gasteiger charge is 2.20. The molecular weight excluding hydrogens is 324 g/mol. The Morgan fingerprint density at radius 1 is 1.04 bits per heavy atom. The Labute approximate surface area is 142 Å². The van der Waals surface area contributed by atoms with Crippen LogP contribution < -0.4 is 11.1 Å². The summed E-state index contributed by atoms with van der Waals surface area (Å²) < 4.78 is 24.9. The van der Waals surface area contributed by atoms with Crippen molar-refractivity contribution in [1.82, 2.24) is 5.32 Å². The zero-order valence-electron chi connectivity index (χ0n) is 13.8. The normalized spacial score (nSPS) is 12.0. The fourth-order valence-electron chi connectivity index (χ4n) is 2.12. The van der Waals surface area contributed by atoms with Crippen molar-refractivity contribution in [2.45, 2.75) is 30.0 Å². The van der Waals surface area contributed by atoms with Crippen molar-refractivity contribution in [3.05, 3.63) is 65.7 Å². The summed E-state index contributed by atoms with van der Waals surface area (Å²) in [6.07, 6.45) is 0. The number of nitrogens with one attached hydrogen (secondary N) is 1. The molecular formula is C18H22N2O3S. The SMILES string of the molecule is CC(C)(CN)NC(=O)c1ccc(S(=O)(=O)Cc2ccccc2)cc1. The van der Waals surface area contributed by atoms with Gasteiger partial charge < -0.3 is 11.1 Å². The second-order valence-electron chi connectivity index (χ2n) is 6.31. The van der Waals surface area contributed by atoms with Gasteiger partial charge in [0.15, 0.2) is 9.84 Å². The van der Waals surface area contributed by atoms with Gasteiger partial charge in [-0.05, 0) is 43.7 Å². The first kappa shape index (κ1) is 18.2. The molecule has 0 aliphatic carbocycles. The van der Waals surface area contributed by atoms with Gasteiger partial charge in [-0.15, -0.1) is 0 Å². The summed E-state index contributed by atoms with van der Waals surface area (Å²) in [6, 6.07) is 14.9. The van der Waals surface area contributed by atoms with Crippen molar-refractivity contribution in [1.29, 1.82) is 0 Å². The van der Waals surface area contributed by atoms with E-state index in [1.807, 2.05) is 19.9 Å². The lowest BCUT2D eigenvalue weighted by Crippen LogP contribution is -2.48. The van der Waals surface area contributed by atoms with E-state index in [2.05, 4.69) is 5.32 Å². The average Bonchev–Trinajstić information content (AvgIpc) is 2.55. The largest absolute Gasteiger partial charge is 0.346 e. The van der Waals surface area contributed by atoms with Gasteiger partial charge in [0, 0.05) is 17.6 Å². The molecule has 0 radical (unpaired) electrons. The van der Waals surface area contributed by atoms with Gasteiger partial charge in [0.05, 0.1) is 10.6 Å². The molecule has 128 valence electrons. The molecule has 0 aromatic heterocycles. The smallest absolute Gasteiger partial charge is 0.251 e. The first-order valence-electron chi connectivity index (χ1n) is 7.63. The fraction of sp³-hybridized carbons (Fsp3) is 0.278. The number of nitrogens with two attached hydrogens (primary N) is 1. The number of carbonyl (C=O) groups excluding carboxylic acids is 1. The van der Waals surface area contributed by atoms with E-state index in [9.17, 15) is 13.2 Å². The predicted molar refractivity (Wildman–Crippen MR) is 94.4 cm³/mol. The predicted octanol–water partition coefficient (Wildman–Crippen LogP) is 2.13. The molecule has 2 aromatic rings. The van der Waals surface area contributed by atoms with Crippen LogP contribution in [-0.4, -0.2) is 26.4 Å². The maximum absolute atomic E-state index is 12.4. The molecule has 0 bridgehead atoms. The van der Waals surface area contributed by atoms with Crippen LogP contribution in [0.15, 0.2) is 59.5 Å². The highest BCUT2D eigenvalue weighted by Crippen LogP contribution is 2.17. The molecule has 5 nitrogen and oxygen atoms in total. The van der Waals surface area contributed by atoms with Crippen LogP contribution in [0.25, 0.3) is 0 Å². The maximum atomic E-state index is 12.4. The van der Waals surface area contributed by atoms with Crippen LogP contribution in [0.5, 0.6) is 0 Å². The molecule has 2 rings (SSSR count). The number of hydrogen-bond acceptors (Lipinski definition) is 4. The lowest BCUT2D eigenvalue weighted by molar-refractivity contribution is 0.0915. The van der Waals surface area contributed by atoms with Crippen molar-refractivity contribution >= 4 is 15.7 Å². The van der Waals surface area contributed by atoms with Crippen molar-refractivity contribution in [2.75, 3.05) is 6.54 Å². The fourth-order valence-corrected chi connectivity index (χ4v) is 3.47. The Morgan fingerprint density at radius 3 is 2.17 bits per heavy atom. The Balaban J connectivity index is 2.15. The molecule has 0 atom stereocenters. The molecule has 24 heavy (non-hydrogen) atoms. The minimum Gasteiger partial charge on any atom is -0.346 e. The summed E-state index contributed by atoms with van der Waals surface area (Å²) in [5, 5.41) is 2.81. The number of sulfone groups is 1. The Hall–Kier alpha value is -2.18. The summed E-state index contributed by atoms with van der Waals surface area (Å²) in [5.41, 5.74) is 6.20. The zero-order valence-corrected chi connectivity index (χ0v) is 14.6. The van der Waals surface area contributed by atoms with E-state index in [0.717, 1.165) is 5.56 Å². The van der Waals surface area contributed by atoms with Crippen LogP contribution in [0.3, 0.4) is 0 Å². The summed E-state index contributed by atoms with van der Waals surface area (Å²) in [6.45, 7) is 3.95. The van der Waals surface area contributed by atoms with Crippen molar-refractivity contribution in [2.24, 2.45) is 5.73 Å². The first-order chi connectivity index (χ1) is 11.2. The lowest BCUT2D eigenvalue weighted by atomic mass is 10.1. The van der Waals surface area contributed by atoms with Crippen molar-refractivity contribution in [3.63, 3.8) is 0 Å². The van der Waals surface area contributed by atoms with E-state index in [1.165, 1.54) is 24.3 Å². The maximum Gasteiger partial charge on any atom is 0.251 e. The molecule has 0 saturated carbocycles. The first-order valence-corrected chi connectivity index (χ1v) is 9.28. The molecule has 3 N–H and O–H groups in total. The van der Waals surface area contributed by atoms with Gasteiger partial charge in [-0.2, -0.15) is 0 Å². The van der Waals surface area contributed by atoms with Crippen LogP contribution in [0.1, 0.15) is 29.8 Å². The molecule has 0 aliphatic heterocycles. The number of hydrogen-bond donors (Lipinski definition) is 2. The van der Waals surface area contributed by atoms with Crippen LogP contribution in [0, 0.1) is 0 Å². The molecule has 0 fully saturated rings. The van der Waals surface area contributed by atoms with Gasteiger partial charge in [0.1, 0.15) is 0 Å². The third-order valence-corrected chi connectivity index (χ3v) is 5.34. The summed E-state index contributed by atoms with van der Waals surface area (Å²) in [5.74, 6) is -0.350. The number of amides is 1. The minimum absolute atomic E-state index is 0.0699. The highest BCUT2D eigenvalue weighted by atomic mass is 32.2. The second-order valence-corrected chi connectivity index (χ2v) is 8.30. The van der Waals surface area contributed by atoms with E-state index in [-0.39, 0.29) is 16.6 Å². The second kappa shape index (κ2) is 7.15. The van der Waals surface area contributed by atoms with E-state index >= 15 is 0 Å². The van der Waals surface area contributed by atoms with Gasteiger partial charge in [-0.3, -0.25) is 4.79 Å². The third-order valence-electron chi connectivity index (χ3n) is 3.64. The summed E-state index contributed by atoms with van der Waals surface area (Å²) in [4.78, 5) is 12.4. The van der Waals surface area contributed by atoms with Gasteiger partial charge in [-0.1, -0.05) is 30.3 Å². The average molecular weight is 346 g/mol. The van der Waals surface area contributed by atoms with E-state index < -0.39 is 15.4 Å². The zero-order chi connectivity index (χ0) is 17.8. The summed E-state index contributed by atoms with van der Waals surface area (Å²) >= 11 is 0. The number of carbonyl (C=O) groups is 1. The molecule has 2 aromatic carbocycles. The minimum atomic E-state index is -3.45. The molecule has 1 amide bonds. The highest BCUT2D eigenvalue weighted by molar-refractivity contribution is 7.90. The molecule has 0 saturated heterocycles. The third kappa shape index (κ3) is 4.66. The summed E-state index contributed by atoms with van der Waals surface area (Å²) in [7, 11) is -3.45. The quantitative estimate of drug-likeness (QED) is 0.838. The standard InChI is InChI=1S/C18H22N2O3S/c1-18(2,13-19)20-17(21)15-8-10-16(11-9-15)24(22,23)12-14-6-4-3-5-7-14/h3-11H,12-13,19H2,1-2H3,(H,20,21). The Bertz CT molecular complexity index is 798. The Morgan fingerprint density at radius 2 is 1.62 bits per heavy atom.